The van der Waals surface area contributed by atoms with E-state index in [0.29, 0.717) is 16.6 Å². The van der Waals surface area contributed by atoms with Crippen LogP contribution in [-0.2, 0) is 10.2 Å². The Hall–Kier alpha value is -3.11. The number of benzene rings is 1. The van der Waals surface area contributed by atoms with Crippen LogP contribution in [0.4, 0.5) is 5.13 Å². The molecule has 0 radical (unpaired) electrons. The van der Waals surface area contributed by atoms with Crippen molar-refractivity contribution in [3.8, 4) is 17.6 Å². The van der Waals surface area contributed by atoms with Gasteiger partial charge in [-0.2, -0.15) is 5.26 Å². The van der Waals surface area contributed by atoms with Crippen molar-refractivity contribution in [3.05, 3.63) is 52.6 Å². The smallest absolute Gasteiger partial charge is 0.268 e. The third kappa shape index (κ3) is 4.55. The maximum absolute atomic E-state index is 12.6. The zero-order valence-electron chi connectivity index (χ0n) is 17.1. The van der Waals surface area contributed by atoms with E-state index >= 15 is 0 Å². The van der Waals surface area contributed by atoms with Gasteiger partial charge in [-0.05, 0) is 55.4 Å². The Labute approximate surface area is 180 Å². The first-order chi connectivity index (χ1) is 14.3. The van der Waals surface area contributed by atoms with Crippen molar-refractivity contribution in [2.45, 2.75) is 44.9 Å². The topological polar surface area (TPSA) is 106 Å². The van der Waals surface area contributed by atoms with Gasteiger partial charge in [-0.3, -0.25) is 10.1 Å². The third-order valence-corrected chi connectivity index (χ3v) is 6.34. The molecule has 30 heavy (non-hydrogen) atoms. The third-order valence-electron chi connectivity index (χ3n) is 5.59. The second kappa shape index (κ2) is 8.72. The molecule has 1 aromatic heterocycles. The van der Waals surface area contributed by atoms with E-state index in [1.165, 1.54) is 41.2 Å². The Bertz CT molecular complexity index is 1050. The summed E-state index contributed by atoms with van der Waals surface area (Å²) in [5.74, 6) is -0.618. The van der Waals surface area contributed by atoms with Crippen LogP contribution in [0.3, 0.4) is 0 Å². The zero-order valence-corrected chi connectivity index (χ0v) is 17.9. The minimum atomic E-state index is -0.571. The highest BCUT2D eigenvalue weighted by Crippen LogP contribution is 2.46. The summed E-state index contributed by atoms with van der Waals surface area (Å²) in [6, 6.07) is 5.96. The van der Waals surface area contributed by atoms with Crippen LogP contribution in [0, 0.1) is 17.2 Å². The Balaban J connectivity index is 1.79. The lowest BCUT2D eigenvalue weighted by Gasteiger charge is -2.39. The fraction of sp³-hybridized carbons (Fsp3) is 0.348. The van der Waals surface area contributed by atoms with Gasteiger partial charge < -0.3 is 10.2 Å². The molecule has 2 aromatic rings. The van der Waals surface area contributed by atoms with Crippen LogP contribution in [0.5, 0.6) is 11.5 Å². The van der Waals surface area contributed by atoms with Crippen molar-refractivity contribution < 1.29 is 15.0 Å². The fourth-order valence-corrected chi connectivity index (χ4v) is 5.01. The normalized spacial score (nSPS) is 21.8. The van der Waals surface area contributed by atoms with E-state index in [9.17, 15) is 20.3 Å². The molecule has 0 aliphatic heterocycles. The van der Waals surface area contributed by atoms with Gasteiger partial charge in [0.25, 0.3) is 5.91 Å². The molecular weight excluding hydrogens is 398 g/mol. The summed E-state index contributed by atoms with van der Waals surface area (Å²) < 4.78 is 0. The number of aromatic nitrogens is 1. The lowest BCUT2D eigenvalue weighted by molar-refractivity contribution is -0.112. The number of allylic oxidation sites excluding steroid dienone is 1. The highest BCUT2D eigenvalue weighted by atomic mass is 32.1. The lowest BCUT2D eigenvalue weighted by atomic mass is 9.65. The van der Waals surface area contributed by atoms with Crippen molar-refractivity contribution in [1.82, 2.24) is 4.98 Å². The molecule has 1 saturated carbocycles. The molecule has 1 heterocycles. The van der Waals surface area contributed by atoms with E-state index in [4.69, 9.17) is 0 Å². The number of rotatable bonds is 5. The number of hydrogen-bond acceptors (Lipinski definition) is 6. The van der Waals surface area contributed by atoms with Crippen LogP contribution in [0.1, 0.15) is 50.8 Å². The molecule has 156 valence electrons. The highest BCUT2D eigenvalue weighted by molar-refractivity contribution is 7.14. The molecule has 0 spiro atoms. The summed E-state index contributed by atoms with van der Waals surface area (Å²) in [5, 5.41) is 33.5. The van der Waals surface area contributed by atoms with Crippen LogP contribution >= 0.6 is 11.3 Å². The van der Waals surface area contributed by atoms with Gasteiger partial charge in [0.2, 0.25) is 0 Å². The predicted octanol–water partition coefficient (Wildman–Crippen LogP) is 5.12. The van der Waals surface area contributed by atoms with E-state index in [0.717, 1.165) is 31.4 Å². The number of hydrogen-bond donors (Lipinski definition) is 3. The largest absolute Gasteiger partial charge is 0.504 e. The number of thiazole rings is 1. The van der Waals surface area contributed by atoms with E-state index in [1.54, 1.807) is 0 Å². The molecule has 1 aliphatic rings. The van der Waals surface area contributed by atoms with Crippen molar-refractivity contribution in [2.75, 3.05) is 5.32 Å². The van der Waals surface area contributed by atoms with Crippen molar-refractivity contribution in [2.24, 2.45) is 5.92 Å². The van der Waals surface area contributed by atoms with Crippen molar-refractivity contribution in [3.63, 3.8) is 0 Å². The quantitative estimate of drug-likeness (QED) is 0.268. The van der Waals surface area contributed by atoms with Crippen LogP contribution < -0.4 is 5.32 Å². The number of nitriles is 1. The molecule has 7 heteroatoms. The number of carbonyl (C=O) groups is 1. The van der Waals surface area contributed by atoms with Gasteiger partial charge in [0, 0.05) is 10.8 Å². The number of nitrogens with one attached hydrogen (secondary N) is 1. The summed E-state index contributed by atoms with van der Waals surface area (Å²) >= 11 is 1.34. The fourth-order valence-electron chi connectivity index (χ4n) is 4.19. The summed E-state index contributed by atoms with van der Waals surface area (Å²) in [7, 11) is 0. The molecule has 1 fully saturated rings. The van der Waals surface area contributed by atoms with Gasteiger partial charge in [0.1, 0.15) is 11.6 Å². The van der Waals surface area contributed by atoms with Gasteiger partial charge in [-0.1, -0.05) is 32.1 Å². The molecule has 3 rings (SSSR count). The molecule has 0 saturated heterocycles. The van der Waals surface area contributed by atoms with Gasteiger partial charge >= 0.3 is 0 Å². The first-order valence-electron chi connectivity index (χ1n) is 9.84. The standard InChI is InChI=1S/C23H25N3O3S/c1-4-23(10-14(2)7-15(3)11-23)20-13-30-22(25-20)26-21(29)17(12-24)8-16-5-6-18(27)19(28)9-16/h5-6,8-9,13,15,27-28H,2,4,7,10-11H2,1,3H3,(H,25,26,29)/b17-8+. The number of aromatic hydroxyl groups is 2. The SMILES string of the molecule is C=C1CC(C)CC(CC)(c2csc(NC(=O)/C(C#N)=C/c3ccc(O)c(O)c3)n2)C1. The van der Waals surface area contributed by atoms with E-state index in [1.807, 2.05) is 11.4 Å². The molecule has 2 unspecified atom stereocenters. The van der Waals surface area contributed by atoms with Gasteiger partial charge in [0.05, 0.1) is 5.69 Å². The van der Waals surface area contributed by atoms with E-state index in [-0.39, 0.29) is 22.5 Å². The molecule has 1 aromatic carbocycles. The number of phenols is 2. The highest BCUT2D eigenvalue weighted by Gasteiger charge is 2.38. The number of carbonyl (C=O) groups excluding carboxylic acids is 1. The lowest BCUT2D eigenvalue weighted by Crippen LogP contribution is -2.33. The van der Waals surface area contributed by atoms with Crippen LogP contribution in [-0.4, -0.2) is 21.1 Å². The van der Waals surface area contributed by atoms with Crippen LogP contribution in [0.2, 0.25) is 0 Å². The molecule has 0 bridgehead atoms. The number of nitrogens with zero attached hydrogens (tertiary/aromatic N) is 2. The van der Waals surface area contributed by atoms with E-state index < -0.39 is 5.91 Å². The van der Waals surface area contributed by atoms with Crippen LogP contribution in [0.15, 0.2) is 41.3 Å². The zero-order chi connectivity index (χ0) is 21.9. The van der Waals surface area contributed by atoms with Crippen LogP contribution in [0.25, 0.3) is 6.08 Å². The molecule has 6 nitrogen and oxygen atoms in total. The average molecular weight is 424 g/mol. The Morgan fingerprint density at radius 2 is 2.23 bits per heavy atom. The molecule has 1 amide bonds. The Kier molecular flexibility index (Phi) is 6.28. The minimum absolute atomic E-state index is 0.0638. The second-order valence-corrected chi connectivity index (χ2v) is 8.84. The number of amides is 1. The monoisotopic (exact) mass is 423 g/mol. The molecule has 3 N–H and O–H groups in total. The van der Waals surface area contributed by atoms with E-state index in [2.05, 4.69) is 30.7 Å². The van der Waals surface area contributed by atoms with Crippen molar-refractivity contribution in [1.29, 1.82) is 5.26 Å². The summed E-state index contributed by atoms with van der Waals surface area (Å²) in [6.07, 6.45) is 5.27. The maximum Gasteiger partial charge on any atom is 0.268 e. The Morgan fingerprint density at radius 3 is 2.87 bits per heavy atom. The first-order valence-corrected chi connectivity index (χ1v) is 10.7. The van der Waals surface area contributed by atoms with Gasteiger partial charge in [-0.25, -0.2) is 4.98 Å². The molecule has 1 aliphatic carbocycles. The molecular formula is C23H25N3O3S. The summed E-state index contributed by atoms with van der Waals surface area (Å²) in [6.45, 7) is 8.59. The predicted molar refractivity (Wildman–Crippen MR) is 118 cm³/mol. The van der Waals surface area contributed by atoms with Gasteiger partial charge in [0.15, 0.2) is 16.6 Å². The number of anilines is 1. The minimum Gasteiger partial charge on any atom is -0.504 e. The molecule has 2 atom stereocenters. The summed E-state index contributed by atoms with van der Waals surface area (Å²) in [5.41, 5.74) is 2.44. The first kappa shape index (κ1) is 21.6. The van der Waals surface area contributed by atoms with Gasteiger partial charge in [-0.15, -0.1) is 11.3 Å². The van der Waals surface area contributed by atoms with Crippen molar-refractivity contribution >= 4 is 28.5 Å². The number of phenolic OH excluding ortho intramolecular Hbond substituents is 2. The summed E-state index contributed by atoms with van der Waals surface area (Å²) in [4.78, 5) is 17.2. The maximum atomic E-state index is 12.6. The second-order valence-electron chi connectivity index (χ2n) is 7.98. The average Bonchev–Trinajstić information content (AvgIpc) is 3.17. The Morgan fingerprint density at radius 1 is 1.47 bits per heavy atom.